The third-order valence-electron chi connectivity index (χ3n) is 1.98. The summed E-state index contributed by atoms with van der Waals surface area (Å²) in [5.41, 5.74) is 0. The van der Waals surface area contributed by atoms with Crippen molar-refractivity contribution in [3.05, 3.63) is 23.7 Å². The molecule has 5 nitrogen and oxygen atoms in total. The highest BCUT2D eigenvalue weighted by Crippen LogP contribution is 2.11. The van der Waals surface area contributed by atoms with E-state index in [1.54, 1.807) is 13.1 Å². The molecule has 0 aliphatic heterocycles. The molecule has 0 unspecified atom stereocenters. The van der Waals surface area contributed by atoms with Crippen LogP contribution < -0.4 is 0 Å². The van der Waals surface area contributed by atoms with Crippen molar-refractivity contribution in [2.45, 2.75) is 6.54 Å². The first-order valence-electron chi connectivity index (χ1n) is 4.55. The second kappa shape index (κ2) is 5.55. The molecule has 0 aromatic carbocycles. The molecule has 16 heavy (non-hydrogen) atoms. The van der Waals surface area contributed by atoms with E-state index in [2.05, 4.69) is 4.74 Å². The van der Waals surface area contributed by atoms with Gasteiger partial charge in [-0.25, -0.2) is 4.79 Å². The number of methoxy groups -OCH3 is 1. The summed E-state index contributed by atoms with van der Waals surface area (Å²) in [6.07, 6.45) is 0. The highest BCUT2D eigenvalue weighted by molar-refractivity contribution is 6.27. The van der Waals surface area contributed by atoms with E-state index in [1.165, 1.54) is 18.1 Å². The minimum absolute atomic E-state index is 0.0823. The van der Waals surface area contributed by atoms with Crippen molar-refractivity contribution in [2.24, 2.45) is 0 Å². The number of halogens is 1. The molecule has 0 atom stereocenters. The van der Waals surface area contributed by atoms with Gasteiger partial charge in [0.2, 0.25) is 11.7 Å². The van der Waals surface area contributed by atoms with Gasteiger partial charge in [-0.1, -0.05) is 0 Å². The SMILES string of the molecule is COC(=O)c1ccc(CN(C)C(=O)CCl)o1. The fourth-order valence-corrected chi connectivity index (χ4v) is 1.30. The van der Waals surface area contributed by atoms with E-state index in [0.29, 0.717) is 5.76 Å². The Morgan fingerprint density at radius 3 is 2.75 bits per heavy atom. The zero-order chi connectivity index (χ0) is 12.1. The number of hydrogen-bond donors (Lipinski definition) is 0. The molecule has 1 rings (SSSR count). The summed E-state index contributed by atoms with van der Waals surface area (Å²) in [5.74, 6) is -0.220. The number of ether oxygens (including phenoxy) is 1. The molecule has 0 N–H and O–H groups in total. The molecule has 0 saturated carbocycles. The smallest absolute Gasteiger partial charge is 0.373 e. The van der Waals surface area contributed by atoms with E-state index in [1.807, 2.05) is 0 Å². The van der Waals surface area contributed by atoms with Gasteiger partial charge in [0.25, 0.3) is 0 Å². The van der Waals surface area contributed by atoms with Crippen LogP contribution in [0, 0.1) is 0 Å². The number of rotatable bonds is 4. The topological polar surface area (TPSA) is 59.8 Å². The lowest BCUT2D eigenvalue weighted by atomic mass is 10.4. The Kier molecular flexibility index (Phi) is 4.37. The second-order valence-electron chi connectivity index (χ2n) is 3.14. The second-order valence-corrected chi connectivity index (χ2v) is 3.41. The van der Waals surface area contributed by atoms with Crippen LogP contribution in [0.1, 0.15) is 16.3 Å². The Balaban J connectivity index is 2.65. The quantitative estimate of drug-likeness (QED) is 0.592. The van der Waals surface area contributed by atoms with Crippen molar-refractivity contribution in [3.63, 3.8) is 0 Å². The normalized spacial score (nSPS) is 9.94. The number of esters is 1. The number of carbonyl (C=O) groups is 2. The van der Waals surface area contributed by atoms with E-state index in [-0.39, 0.29) is 24.1 Å². The average Bonchev–Trinajstić information content (AvgIpc) is 2.75. The van der Waals surface area contributed by atoms with Crippen molar-refractivity contribution in [3.8, 4) is 0 Å². The van der Waals surface area contributed by atoms with Gasteiger partial charge in [-0.2, -0.15) is 0 Å². The Hall–Kier alpha value is -1.49. The lowest BCUT2D eigenvalue weighted by Gasteiger charge is -2.13. The number of carbonyl (C=O) groups excluding carboxylic acids is 2. The Morgan fingerprint density at radius 1 is 1.50 bits per heavy atom. The van der Waals surface area contributed by atoms with E-state index in [0.717, 1.165) is 0 Å². The molecule has 0 spiro atoms. The van der Waals surface area contributed by atoms with Gasteiger partial charge in [0.15, 0.2) is 0 Å². The van der Waals surface area contributed by atoms with Gasteiger partial charge in [-0.3, -0.25) is 4.79 Å². The van der Waals surface area contributed by atoms with Gasteiger partial charge < -0.3 is 14.1 Å². The average molecular weight is 246 g/mol. The Bertz CT molecular complexity index is 388. The van der Waals surface area contributed by atoms with Crippen LogP contribution in [0.15, 0.2) is 16.5 Å². The van der Waals surface area contributed by atoms with Crippen molar-refractivity contribution in [1.29, 1.82) is 0 Å². The summed E-state index contributed by atoms with van der Waals surface area (Å²) in [6, 6.07) is 3.12. The van der Waals surface area contributed by atoms with E-state index < -0.39 is 5.97 Å². The fraction of sp³-hybridized carbons (Fsp3) is 0.400. The molecular formula is C10H12ClNO4. The molecule has 0 radical (unpaired) electrons. The summed E-state index contributed by atoms with van der Waals surface area (Å²) in [4.78, 5) is 23.7. The largest absolute Gasteiger partial charge is 0.463 e. The molecule has 1 aromatic heterocycles. The molecule has 1 aromatic rings. The van der Waals surface area contributed by atoms with Crippen LogP contribution in [0.3, 0.4) is 0 Å². The molecule has 0 fully saturated rings. The van der Waals surface area contributed by atoms with Crippen LogP contribution in [0.25, 0.3) is 0 Å². The Morgan fingerprint density at radius 2 is 2.19 bits per heavy atom. The van der Waals surface area contributed by atoms with Crippen LogP contribution in [0.5, 0.6) is 0 Å². The highest BCUT2D eigenvalue weighted by Gasteiger charge is 2.14. The predicted octanol–water partition coefficient (Wildman–Crippen LogP) is 1.26. The molecule has 0 aliphatic carbocycles. The van der Waals surface area contributed by atoms with E-state index >= 15 is 0 Å². The van der Waals surface area contributed by atoms with Crippen LogP contribution >= 0.6 is 11.6 Å². The minimum Gasteiger partial charge on any atom is -0.463 e. The lowest BCUT2D eigenvalue weighted by molar-refractivity contribution is -0.127. The molecule has 88 valence electrons. The zero-order valence-electron chi connectivity index (χ0n) is 9.03. The van der Waals surface area contributed by atoms with Gasteiger partial charge in [-0.05, 0) is 12.1 Å². The summed E-state index contributed by atoms with van der Waals surface area (Å²) >= 11 is 5.40. The lowest BCUT2D eigenvalue weighted by Crippen LogP contribution is -2.26. The molecule has 1 heterocycles. The number of alkyl halides is 1. The molecule has 0 bridgehead atoms. The van der Waals surface area contributed by atoms with Gasteiger partial charge >= 0.3 is 5.97 Å². The number of furan rings is 1. The number of amides is 1. The number of nitrogens with zero attached hydrogens (tertiary/aromatic N) is 1. The van der Waals surface area contributed by atoms with Crippen molar-refractivity contribution >= 4 is 23.5 Å². The maximum atomic E-state index is 11.2. The molecule has 6 heteroatoms. The Labute approximate surface area is 97.9 Å². The minimum atomic E-state index is -0.544. The van der Waals surface area contributed by atoms with Gasteiger partial charge in [0.05, 0.1) is 13.7 Å². The maximum Gasteiger partial charge on any atom is 0.373 e. The molecule has 0 aliphatic rings. The van der Waals surface area contributed by atoms with Crippen molar-refractivity contribution < 1.29 is 18.7 Å². The van der Waals surface area contributed by atoms with E-state index in [4.69, 9.17) is 16.0 Å². The third kappa shape index (κ3) is 3.00. The van der Waals surface area contributed by atoms with Crippen molar-refractivity contribution in [2.75, 3.05) is 20.0 Å². The third-order valence-corrected chi connectivity index (χ3v) is 2.21. The first-order chi connectivity index (χ1) is 7.58. The first-order valence-corrected chi connectivity index (χ1v) is 5.09. The highest BCUT2D eigenvalue weighted by atomic mass is 35.5. The van der Waals surface area contributed by atoms with Crippen molar-refractivity contribution in [1.82, 2.24) is 4.90 Å². The van der Waals surface area contributed by atoms with Gasteiger partial charge in [-0.15, -0.1) is 11.6 Å². The van der Waals surface area contributed by atoms with Gasteiger partial charge in [0, 0.05) is 7.05 Å². The summed E-state index contributed by atoms with van der Waals surface area (Å²) in [5, 5.41) is 0. The molecule has 0 saturated heterocycles. The van der Waals surface area contributed by atoms with Crippen LogP contribution in [-0.2, 0) is 16.1 Å². The predicted molar refractivity (Wildman–Crippen MR) is 57.2 cm³/mol. The summed E-state index contributed by atoms with van der Waals surface area (Å²) in [6.45, 7) is 0.266. The standard InChI is InChI=1S/C10H12ClNO4/c1-12(9(13)5-11)6-7-3-4-8(16-7)10(14)15-2/h3-4H,5-6H2,1-2H3. The molecule has 1 amide bonds. The monoisotopic (exact) mass is 245 g/mol. The first kappa shape index (κ1) is 12.6. The summed E-state index contributed by atoms with van der Waals surface area (Å²) in [7, 11) is 2.87. The molecular weight excluding hydrogens is 234 g/mol. The van der Waals surface area contributed by atoms with Crippen LogP contribution in [0.4, 0.5) is 0 Å². The van der Waals surface area contributed by atoms with E-state index in [9.17, 15) is 9.59 Å². The van der Waals surface area contributed by atoms with Gasteiger partial charge in [0.1, 0.15) is 11.6 Å². The zero-order valence-corrected chi connectivity index (χ0v) is 9.78. The fourth-order valence-electron chi connectivity index (χ4n) is 1.10. The van der Waals surface area contributed by atoms with Crippen LogP contribution in [-0.4, -0.2) is 36.8 Å². The maximum absolute atomic E-state index is 11.2. The van der Waals surface area contributed by atoms with Crippen LogP contribution in [0.2, 0.25) is 0 Å². The number of hydrogen-bond acceptors (Lipinski definition) is 4. The summed E-state index contributed by atoms with van der Waals surface area (Å²) < 4.78 is 9.68.